The van der Waals surface area contributed by atoms with Crippen LogP contribution in [0.4, 0.5) is 0 Å². The standard InChI is InChI=1S/C34H39N3O2/c38-34(35-20-7-23-36-21-4-5-22-36)31-10-6-11-33(26-31)39-32-18-24-37(25-19-32)27-30-16-14-29(15-17-30)13-12-28-8-2-1-3-9-28/h1-3,6,8-11,14-17,26,32H,4-5,7,18-25,27H2,(H,35,38). The summed E-state index contributed by atoms with van der Waals surface area (Å²) >= 11 is 0. The van der Waals surface area contributed by atoms with Crippen molar-refractivity contribution in [3.8, 4) is 17.6 Å². The summed E-state index contributed by atoms with van der Waals surface area (Å²) in [5, 5.41) is 3.07. The van der Waals surface area contributed by atoms with E-state index < -0.39 is 0 Å². The average Bonchev–Trinajstić information content (AvgIpc) is 3.50. The van der Waals surface area contributed by atoms with E-state index in [-0.39, 0.29) is 12.0 Å². The van der Waals surface area contributed by atoms with E-state index in [9.17, 15) is 4.79 Å². The number of piperidine rings is 1. The number of carbonyl (C=O) groups is 1. The van der Waals surface area contributed by atoms with Gasteiger partial charge >= 0.3 is 0 Å². The van der Waals surface area contributed by atoms with Crippen LogP contribution in [0.3, 0.4) is 0 Å². The molecule has 2 saturated heterocycles. The van der Waals surface area contributed by atoms with Gasteiger partial charge in [-0.25, -0.2) is 0 Å². The molecule has 0 radical (unpaired) electrons. The van der Waals surface area contributed by atoms with Gasteiger partial charge in [0, 0.05) is 42.9 Å². The predicted octanol–water partition coefficient (Wildman–Crippen LogP) is 5.35. The molecule has 1 N–H and O–H groups in total. The highest BCUT2D eigenvalue weighted by Crippen LogP contribution is 2.21. The molecule has 0 aromatic heterocycles. The van der Waals surface area contributed by atoms with Crippen LogP contribution in [0.25, 0.3) is 0 Å². The molecular formula is C34H39N3O2. The summed E-state index contributed by atoms with van der Waals surface area (Å²) in [4.78, 5) is 17.6. The quantitative estimate of drug-likeness (QED) is 0.305. The van der Waals surface area contributed by atoms with Crippen LogP contribution in [0, 0.1) is 11.8 Å². The van der Waals surface area contributed by atoms with Crippen LogP contribution in [-0.4, -0.2) is 61.1 Å². The van der Waals surface area contributed by atoms with Crippen molar-refractivity contribution in [3.05, 3.63) is 101 Å². The Morgan fingerprint density at radius 1 is 0.821 bits per heavy atom. The molecule has 2 fully saturated rings. The Balaban J connectivity index is 1.03. The summed E-state index contributed by atoms with van der Waals surface area (Å²) in [7, 11) is 0. The molecule has 2 heterocycles. The zero-order valence-corrected chi connectivity index (χ0v) is 22.8. The first-order valence-corrected chi connectivity index (χ1v) is 14.4. The van der Waals surface area contributed by atoms with E-state index in [2.05, 4.69) is 51.2 Å². The first-order valence-electron chi connectivity index (χ1n) is 14.4. The number of likely N-dealkylation sites (tertiary alicyclic amines) is 2. The van der Waals surface area contributed by atoms with Gasteiger partial charge in [0.15, 0.2) is 0 Å². The maximum absolute atomic E-state index is 12.6. The summed E-state index contributed by atoms with van der Waals surface area (Å²) < 4.78 is 6.29. The van der Waals surface area contributed by atoms with Gasteiger partial charge in [-0.1, -0.05) is 48.2 Å². The van der Waals surface area contributed by atoms with Crippen molar-refractivity contribution in [1.29, 1.82) is 0 Å². The van der Waals surface area contributed by atoms with Gasteiger partial charge in [0.2, 0.25) is 0 Å². The predicted molar refractivity (Wildman–Crippen MR) is 157 cm³/mol. The van der Waals surface area contributed by atoms with Crippen molar-refractivity contribution in [1.82, 2.24) is 15.1 Å². The second kappa shape index (κ2) is 14.0. The number of ether oxygens (including phenoxy) is 1. The number of carbonyl (C=O) groups excluding carboxylic acids is 1. The minimum atomic E-state index is -0.0197. The van der Waals surface area contributed by atoms with Gasteiger partial charge in [0.05, 0.1) is 0 Å². The third kappa shape index (κ3) is 8.45. The number of rotatable bonds is 9. The van der Waals surface area contributed by atoms with E-state index in [4.69, 9.17) is 4.74 Å². The molecule has 0 spiro atoms. The molecule has 5 nitrogen and oxygen atoms in total. The summed E-state index contributed by atoms with van der Waals surface area (Å²) in [6, 6.07) is 26.3. The maximum atomic E-state index is 12.6. The first kappa shape index (κ1) is 27.0. The third-order valence-electron chi connectivity index (χ3n) is 7.55. The summed E-state index contributed by atoms with van der Waals surface area (Å²) in [5.41, 5.74) is 4.04. The highest BCUT2D eigenvalue weighted by Gasteiger charge is 2.21. The van der Waals surface area contributed by atoms with E-state index in [1.54, 1.807) is 0 Å². The Bertz CT molecular complexity index is 1250. The van der Waals surface area contributed by atoms with Crippen molar-refractivity contribution in [2.45, 2.75) is 44.8 Å². The Hall–Kier alpha value is -3.59. The van der Waals surface area contributed by atoms with Crippen LogP contribution in [0.15, 0.2) is 78.9 Å². The second-order valence-electron chi connectivity index (χ2n) is 10.6. The number of amides is 1. The lowest BCUT2D eigenvalue weighted by atomic mass is 10.1. The zero-order chi connectivity index (χ0) is 26.7. The van der Waals surface area contributed by atoms with Gasteiger partial charge in [-0.05, 0) is 99.8 Å². The van der Waals surface area contributed by atoms with Crippen molar-refractivity contribution >= 4 is 5.91 Å². The van der Waals surface area contributed by atoms with E-state index >= 15 is 0 Å². The summed E-state index contributed by atoms with van der Waals surface area (Å²) in [6.07, 6.45) is 5.74. The highest BCUT2D eigenvalue weighted by molar-refractivity contribution is 5.94. The fraction of sp³-hybridized carbons (Fsp3) is 0.382. The van der Waals surface area contributed by atoms with Crippen molar-refractivity contribution in [2.75, 3.05) is 39.3 Å². The largest absolute Gasteiger partial charge is 0.490 e. The van der Waals surface area contributed by atoms with Crippen LogP contribution >= 0.6 is 0 Å². The molecule has 0 unspecified atom stereocenters. The number of nitrogens with one attached hydrogen (secondary N) is 1. The van der Waals surface area contributed by atoms with E-state index in [0.29, 0.717) is 12.1 Å². The minimum absolute atomic E-state index is 0.0197. The molecule has 0 bridgehead atoms. The molecule has 39 heavy (non-hydrogen) atoms. The van der Waals surface area contributed by atoms with Gasteiger partial charge < -0.3 is 15.0 Å². The average molecular weight is 522 g/mol. The van der Waals surface area contributed by atoms with E-state index in [1.165, 1.54) is 31.5 Å². The molecule has 0 atom stereocenters. The normalized spacial score (nSPS) is 16.4. The SMILES string of the molecule is O=C(NCCCN1CCCC1)c1cccc(OC2CCN(Cc3ccc(C#Cc4ccccc4)cc3)CC2)c1. The van der Waals surface area contributed by atoms with Crippen LogP contribution in [0.5, 0.6) is 5.75 Å². The van der Waals surface area contributed by atoms with E-state index in [1.807, 2.05) is 54.6 Å². The number of hydrogen-bond acceptors (Lipinski definition) is 4. The van der Waals surface area contributed by atoms with Crippen molar-refractivity contribution < 1.29 is 9.53 Å². The topological polar surface area (TPSA) is 44.8 Å². The summed E-state index contributed by atoms with van der Waals surface area (Å²) in [6.45, 7) is 7.11. The molecular weight excluding hydrogens is 482 g/mol. The number of benzene rings is 3. The molecule has 3 aromatic carbocycles. The molecule has 2 aliphatic rings. The third-order valence-corrected chi connectivity index (χ3v) is 7.55. The van der Waals surface area contributed by atoms with Gasteiger partial charge in [0.1, 0.15) is 11.9 Å². The Labute approximate surface area is 233 Å². The Morgan fingerprint density at radius 2 is 1.54 bits per heavy atom. The highest BCUT2D eigenvalue weighted by atomic mass is 16.5. The van der Waals surface area contributed by atoms with Crippen LogP contribution in [0.1, 0.15) is 59.2 Å². The van der Waals surface area contributed by atoms with Crippen LogP contribution in [0.2, 0.25) is 0 Å². The molecule has 5 rings (SSSR count). The zero-order valence-electron chi connectivity index (χ0n) is 22.8. The molecule has 0 saturated carbocycles. The fourth-order valence-corrected chi connectivity index (χ4v) is 5.32. The Kier molecular flexibility index (Phi) is 9.68. The Morgan fingerprint density at radius 3 is 2.28 bits per heavy atom. The molecule has 5 heteroatoms. The van der Waals surface area contributed by atoms with Gasteiger partial charge in [-0.2, -0.15) is 0 Å². The molecule has 3 aromatic rings. The maximum Gasteiger partial charge on any atom is 0.251 e. The van der Waals surface area contributed by atoms with Crippen LogP contribution < -0.4 is 10.1 Å². The fourth-order valence-electron chi connectivity index (χ4n) is 5.32. The monoisotopic (exact) mass is 521 g/mol. The number of hydrogen-bond donors (Lipinski definition) is 1. The molecule has 202 valence electrons. The molecule has 0 aliphatic carbocycles. The molecule has 1 amide bonds. The smallest absolute Gasteiger partial charge is 0.251 e. The summed E-state index contributed by atoms with van der Waals surface area (Å²) in [5.74, 6) is 7.23. The van der Waals surface area contributed by atoms with Crippen LogP contribution in [-0.2, 0) is 6.54 Å². The first-order chi connectivity index (χ1) is 19.2. The van der Waals surface area contributed by atoms with Gasteiger partial charge in [-0.15, -0.1) is 0 Å². The molecule has 2 aliphatic heterocycles. The van der Waals surface area contributed by atoms with E-state index in [0.717, 1.165) is 62.3 Å². The minimum Gasteiger partial charge on any atom is -0.490 e. The van der Waals surface area contributed by atoms with Gasteiger partial charge in [-0.3, -0.25) is 9.69 Å². The lowest BCUT2D eigenvalue weighted by molar-refractivity contribution is 0.0935. The number of nitrogens with zero attached hydrogens (tertiary/aromatic N) is 2. The van der Waals surface area contributed by atoms with Gasteiger partial charge in [0.25, 0.3) is 5.91 Å². The lowest BCUT2D eigenvalue weighted by Crippen LogP contribution is -2.37. The van der Waals surface area contributed by atoms with Crippen molar-refractivity contribution in [2.24, 2.45) is 0 Å². The lowest BCUT2D eigenvalue weighted by Gasteiger charge is -2.32. The van der Waals surface area contributed by atoms with Crippen molar-refractivity contribution in [3.63, 3.8) is 0 Å². The second-order valence-corrected chi connectivity index (χ2v) is 10.6.